The average Bonchev–Trinajstić information content (AvgIpc) is 2.54. The number of aromatic nitrogens is 2. The van der Waals surface area contributed by atoms with E-state index in [4.69, 9.17) is 5.11 Å². The van der Waals surface area contributed by atoms with Crippen molar-refractivity contribution in [3.05, 3.63) is 17.5 Å². The number of nitrogens with zero attached hydrogens (tertiary/aromatic N) is 2. The summed E-state index contributed by atoms with van der Waals surface area (Å²) < 4.78 is 1.56. The maximum Gasteiger partial charge on any atom is 0.306 e. The Morgan fingerprint density at radius 1 is 1.38 bits per heavy atom. The molecule has 0 aliphatic carbocycles. The molecule has 1 rings (SSSR count). The summed E-state index contributed by atoms with van der Waals surface area (Å²) in [6.45, 7) is 4.91. The number of rotatable bonds is 4. The van der Waals surface area contributed by atoms with E-state index in [9.17, 15) is 9.59 Å². The lowest BCUT2D eigenvalue weighted by molar-refractivity contribution is -0.142. The van der Waals surface area contributed by atoms with Crippen LogP contribution in [0, 0.1) is 18.8 Å². The number of carbonyl (C=O) groups is 2. The summed E-state index contributed by atoms with van der Waals surface area (Å²) in [5, 5.41) is 12.9. The van der Waals surface area contributed by atoms with Crippen LogP contribution in [0.3, 0.4) is 0 Å². The minimum Gasteiger partial charge on any atom is -0.481 e. The Morgan fingerprint density at radius 2 is 1.94 bits per heavy atom. The molecule has 0 bridgehead atoms. The lowest BCUT2D eigenvalue weighted by Gasteiger charge is -2.13. The zero-order chi connectivity index (χ0) is 12.5. The van der Waals surface area contributed by atoms with Gasteiger partial charge < -0.3 is 5.11 Å². The molecule has 0 aliphatic rings. The first kappa shape index (κ1) is 12.4. The molecule has 0 radical (unpaired) electrons. The van der Waals surface area contributed by atoms with E-state index in [0.717, 1.165) is 0 Å². The summed E-state index contributed by atoms with van der Waals surface area (Å²) in [6.07, 6.45) is 1.63. The number of hydrogen-bond acceptors (Lipinski definition) is 3. The van der Waals surface area contributed by atoms with Crippen molar-refractivity contribution in [1.82, 2.24) is 9.78 Å². The van der Waals surface area contributed by atoms with Gasteiger partial charge in [-0.05, 0) is 6.92 Å². The highest BCUT2D eigenvalue weighted by molar-refractivity contribution is 6.00. The van der Waals surface area contributed by atoms with Gasteiger partial charge in [0.2, 0.25) is 0 Å². The molecular weight excluding hydrogens is 208 g/mol. The topological polar surface area (TPSA) is 72.2 Å². The first-order valence-electron chi connectivity index (χ1n) is 5.11. The fraction of sp³-hybridized carbons (Fsp3) is 0.545. The molecule has 88 valence electrons. The molecule has 1 aromatic rings. The molecule has 16 heavy (non-hydrogen) atoms. The molecule has 0 amide bonds. The standard InChI is InChI=1S/C11H16N2O3/c1-6(7(2)11(15)16)10(14)9-5-13(4)12-8(9)3/h5-7H,1-4H3,(H,15,16). The van der Waals surface area contributed by atoms with Gasteiger partial charge in [-0.15, -0.1) is 0 Å². The summed E-state index contributed by atoms with van der Waals surface area (Å²) in [7, 11) is 1.73. The maximum absolute atomic E-state index is 12.0. The van der Waals surface area contributed by atoms with Crippen molar-refractivity contribution in [3.8, 4) is 0 Å². The zero-order valence-electron chi connectivity index (χ0n) is 9.89. The van der Waals surface area contributed by atoms with Gasteiger partial charge in [0, 0.05) is 19.2 Å². The second-order valence-electron chi connectivity index (χ2n) is 4.08. The molecule has 0 fully saturated rings. The van der Waals surface area contributed by atoms with Gasteiger partial charge in [-0.3, -0.25) is 14.3 Å². The second kappa shape index (κ2) is 4.47. The molecule has 0 saturated heterocycles. The monoisotopic (exact) mass is 224 g/mol. The molecular formula is C11H16N2O3. The lowest BCUT2D eigenvalue weighted by atomic mass is 9.89. The van der Waals surface area contributed by atoms with Gasteiger partial charge in [-0.1, -0.05) is 13.8 Å². The number of aliphatic carboxylic acids is 1. The Morgan fingerprint density at radius 3 is 2.31 bits per heavy atom. The lowest BCUT2D eigenvalue weighted by Crippen LogP contribution is -2.25. The Labute approximate surface area is 94.1 Å². The Kier molecular flexibility index (Phi) is 3.47. The quantitative estimate of drug-likeness (QED) is 0.782. The van der Waals surface area contributed by atoms with Crippen molar-refractivity contribution in [2.75, 3.05) is 0 Å². The number of carboxylic acid groups (broad SMARTS) is 1. The summed E-state index contributed by atoms with van der Waals surface area (Å²) in [6, 6.07) is 0. The number of carbonyl (C=O) groups excluding carboxylic acids is 1. The summed E-state index contributed by atoms with van der Waals surface area (Å²) in [5.41, 5.74) is 1.14. The van der Waals surface area contributed by atoms with E-state index < -0.39 is 17.8 Å². The van der Waals surface area contributed by atoms with Crippen LogP contribution in [-0.4, -0.2) is 26.6 Å². The molecule has 1 heterocycles. The van der Waals surface area contributed by atoms with Gasteiger partial charge in [-0.25, -0.2) is 0 Å². The Bertz CT molecular complexity index is 423. The summed E-state index contributed by atoms with van der Waals surface area (Å²) >= 11 is 0. The smallest absolute Gasteiger partial charge is 0.306 e. The van der Waals surface area contributed by atoms with E-state index in [2.05, 4.69) is 5.10 Å². The van der Waals surface area contributed by atoms with E-state index >= 15 is 0 Å². The normalized spacial score (nSPS) is 14.5. The first-order chi connectivity index (χ1) is 7.34. The minimum atomic E-state index is -0.956. The van der Waals surface area contributed by atoms with Gasteiger partial charge in [0.05, 0.1) is 17.2 Å². The third-order valence-electron chi connectivity index (χ3n) is 2.83. The van der Waals surface area contributed by atoms with Gasteiger partial charge in [0.1, 0.15) is 0 Å². The largest absolute Gasteiger partial charge is 0.481 e. The van der Waals surface area contributed by atoms with Crippen molar-refractivity contribution in [3.63, 3.8) is 0 Å². The van der Waals surface area contributed by atoms with Crippen LogP contribution in [-0.2, 0) is 11.8 Å². The van der Waals surface area contributed by atoms with Crippen molar-refractivity contribution in [1.29, 1.82) is 0 Å². The molecule has 5 nitrogen and oxygen atoms in total. The van der Waals surface area contributed by atoms with Crippen LogP contribution in [0.15, 0.2) is 6.20 Å². The highest BCUT2D eigenvalue weighted by Gasteiger charge is 2.28. The van der Waals surface area contributed by atoms with Crippen LogP contribution in [0.5, 0.6) is 0 Å². The van der Waals surface area contributed by atoms with Crippen LogP contribution in [0.1, 0.15) is 29.9 Å². The molecule has 0 aromatic carbocycles. The van der Waals surface area contributed by atoms with E-state index in [-0.39, 0.29) is 5.78 Å². The van der Waals surface area contributed by atoms with E-state index in [1.165, 1.54) is 6.92 Å². The predicted molar refractivity (Wildman–Crippen MR) is 58.2 cm³/mol. The molecule has 1 N–H and O–H groups in total. The van der Waals surface area contributed by atoms with Gasteiger partial charge in [0.15, 0.2) is 5.78 Å². The van der Waals surface area contributed by atoms with Crippen LogP contribution in [0.25, 0.3) is 0 Å². The van der Waals surface area contributed by atoms with Crippen molar-refractivity contribution < 1.29 is 14.7 Å². The highest BCUT2D eigenvalue weighted by atomic mass is 16.4. The molecule has 5 heteroatoms. The zero-order valence-corrected chi connectivity index (χ0v) is 9.89. The summed E-state index contributed by atoms with van der Waals surface area (Å²) in [4.78, 5) is 22.8. The van der Waals surface area contributed by atoms with Crippen molar-refractivity contribution in [2.45, 2.75) is 20.8 Å². The Balaban J connectivity index is 2.94. The second-order valence-corrected chi connectivity index (χ2v) is 4.08. The predicted octanol–water partition coefficient (Wildman–Crippen LogP) is 1.27. The summed E-state index contributed by atoms with van der Waals surface area (Å²) in [5.74, 6) is -2.35. The van der Waals surface area contributed by atoms with Crippen LogP contribution >= 0.6 is 0 Å². The van der Waals surface area contributed by atoms with Crippen LogP contribution in [0.2, 0.25) is 0 Å². The minimum absolute atomic E-state index is 0.166. The van der Waals surface area contributed by atoms with E-state index in [1.54, 1.807) is 31.8 Å². The van der Waals surface area contributed by atoms with Crippen LogP contribution in [0.4, 0.5) is 0 Å². The molecule has 2 atom stereocenters. The maximum atomic E-state index is 12.0. The van der Waals surface area contributed by atoms with Gasteiger partial charge >= 0.3 is 5.97 Å². The average molecular weight is 224 g/mol. The van der Waals surface area contributed by atoms with E-state index in [1.807, 2.05) is 0 Å². The number of hydrogen-bond donors (Lipinski definition) is 1. The van der Waals surface area contributed by atoms with E-state index in [0.29, 0.717) is 11.3 Å². The number of aryl methyl sites for hydroxylation is 2. The van der Waals surface area contributed by atoms with Crippen LogP contribution < -0.4 is 0 Å². The molecule has 1 aromatic heterocycles. The first-order valence-corrected chi connectivity index (χ1v) is 5.11. The number of Topliss-reactive ketones (excluding diaryl/α,β-unsaturated/α-hetero) is 1. The third-order valence-corrected chi connectivity index (χ3v) is 2.83. The van der Waals surface area contributed by atoms with Crippen molar-refractivity contribution >= 4 is 11.8 Å². The SMILES string of the molecule is Cc1nn(C)cc1C(=O)C(C)C(C)C(=O)O. The number of carboxylic acids is 1. The number of ketones is 1. The van der Waals surface area contributed by atoms with Gasteiger partial charge in [0.25, 0.3) is 0 Å². The molecule has 0 aliphatic heterocycles. The fourth-order valence-corrected chi connectivity index (χ4v) is 1.53. The third kappa shape index (κ3) is 2.29. The Hall–Kier alpha value is -1.65. The fourth-order valence-electron chi connectivity index (χ4n) is 1.53. The van der Waals surface area contributed by atoms with Crippen molar-refractivity contribution in [2.24, 2.45) is 18.9 Å². The molecule has 0 saturated carbocycles. The highest BCUT2D eigenvalue weighted by Crippen LogP contribution is 2.19. The van der Waals surface area contributed by atoms with Gasteiger partial charge in [-0.2, -0.15) is 5.10 Å². The molecule has 0 spiro atoms. The molecule has 2 unspecified atom stereocenters.